The highest BCUT2D eigenvalue weighted by molar-refractivity contribution is 4.70. The first kappa shape index (κ1) is 15.0. The van der Waals surface area contributed by atoms with Crippen LogP contribution in [0.25, 0.3) is 0 Å². The van der Waals surface area contributed by atoms with Crippen molar-refractivity contribution >= 4 is 0 Å². The second kappa shape index (κ2) is 9.90. The summed E-state index contributed by atoms with van der Waals surface area (Å²) in [6.45, 7) is 8.60. The summed E-state index contributed by atoms with van der Waals surface area (Å²) in [5.74, 6) is 1.96. The predicted octanol–water partition coefficient (Wildman–Crippen LogP) is 3.61. The molecule has 0 saturated heterocycles. The number of rotatable bonds is 9. The number of hydrogen-bond donors (Lipinski definition) is 1. The molecule has 102 valence electrons. The maximum Gasteiger partial charge on any atom is 0.0590 e. The van der Waals surface area contributed by atoms with Gasteiger partial charge in [-0.25, -0.2) is 0 Å². The summed E-state index contributed by atoms with van der Waals surface area (Å²) in [6, 6.07) is 0. The molecule has 0 bridgehead atoms. The third-order valence-corrected chi connectivity index (χ3v) is 3.93. The maximum absolute atomic E-state index is 5.52. The van der Waals surface area contributed by atoms with Crippen LogP contribution in [0.2, 0.25) is 0 Å². The van der Waals surface area contributed by atoms with Crippen LogP contribution in [0, 0.1) is 11.8 Å². The molecule has 1 N–H and O–H groups in total. The van der Waals surface area contributed by atoms with E-state index in [0.717, 1.165) is 31.6 Å². The van der Waals surface area contributed by atoms with Crippen molar-refractivity contribution in [2.24, 2.45) is 11.8 Å². The first-order valence-electron chi connectivity index (χ1n) is 7.61. The molecule has 0 aromatic heterocycles. The molecule has 0 unspecified atom stereocenters. The van der Waals surface area contributed by atoms with Crippen molar-refractivity contribution in [3.8, 4) is 0 Å². The SMILES string of the molecule is CCCCOCCNCCC1CCC(C)CC1. The molecule has 0 aromatic rings. The Labute approximate surface area is 108 Å². The molecule has 1 aliphatic carbocycles. The third kappa shape index (κ3) is 7.77. The monoisotopic (exact) mass is 241 g/mol. The molecule has 17 heavy (non-hydrogen) atoms. The van der Waals surface area contributed by atoms with Gasteiger partial charge in [-0.1, -0.05) is 46.0 Å². The van der Waals surface area contributed by atoms with Crippen LogP contribution in [-0.4, -0.2) is 26.3 Å². The van der Waals surface area contributed by atoms with Gasteiger partial charge in [0.2, 0.25) is 0 Å². The van der Waals surface area contributed by atoms with Crippen molar-refractivity contribution in [3.05, 3.63) is 0 Å². The van der Waals surface area contributed by atoms with Crippen LogP contribution in [0.15, 0.2) is 0 Å². The molecule has 0 aliphatic heterocycles. The second-order valence-electron chi connectivity index (χ2n) is 5.63. The number of unbranched alkanes of at least 4 members (excludes halogenated alkanes) is 1. The number of ether oxygens (including phenoxy) is 1. The van der Waals surface area contributed by atoms with Gasteiger partial charge in [-0.15, -0.1) is 0 Å². The highest BCUT2D eigenvalue weighted by Crippen LogP contribution is 2.29. The van der Waals surface area contributed by atoms with Crippen molar-refractivity contribution in [2.75, 3.05) is 26.3 Å². The standard InChI is InChI=1S/C15H31NO/c1-3-4-12-17-13-11-16-10-9-15-7-5-14(2)6-8-15/h14-16H,3-13H2,1-2H3. The van der Waals surface area contributed by atoms with Crippen LogP contribution in [-0.2, 0) is 4.74 Å². The topological polar surface area (TPSA) is 21.3 Å². The van der Waals surface area contributed by atoms with E-state index < -0.39 is 0 Å². The van der Waals surface area contributed by atoms with E-state index in [1.165, 1.54) is 51.5 Å². The lowest BCUT2D eigenvalue weighted by Gasteiger charge is -2.26. The molecule has 0 amide bonds. The largest absolute Gasteiger partial charge is 0.380 e. The minimum atomic E-state index is 0.877. The van der Waals surface area contributed by atoms with Gasteiger partial charge >= 0.3 is 0 Å². The van der Waals surface area contributed by atoms with Crippen LogP contribution in [0.1, 0.15) is 58.8 Å². The second-order valence-corrected chi connectivity index (χ2v) is 5.63. The van der Waals surface area contributed by atoms with Crippen LogP contribution in [0.3, 0.4) is 0 Å². The Morgan fingerprint density at radius 3 is 2.53 bits per heavy atom. The van der Waals surface area contributed by atoms with Crippen molar-refractivity contribution in [1.82, 2.24) is 5.32 Å². The van der Waals surface area contributed by atoms with E-state index in [4.69, 9.17) is 4.74 Å². The van der Waals surface area contributed by atoms with Crippen LogP contribution < -0.4 is 5.32 Å². The maximum atomic E-state index is 5.52. The summed E-state index contributed by atoms with van der Waals surface area (Å²) in [5.41, 5.74) is 0. The van der Waals surface area contributed by atoms with E-state index in [1.807, 2.05) is 0 Å². The molecule has 2 nitrogen and oxygen atoms in total. The lowest BCUT2D eigenvalue weighted by molar-refractivity contribution is 0.132. The summed E-state index contributed by atoms with van der Waals surface area (Å²) in [4.78, 5) is 0. The Bertz CT molecular complexity index is 164. The van der Waals surface area contributed by atoms with Crippen molar-refractivity contribution in [3.63, 3.8) is 0 Å². The third-order valence-electron chi connectivity index (χ3n) is 3.93. The van der Waals surface area contributed by atoms with Gasteiger partial charge < -0.3 is 10.1 Å². The Morgan fingerprint density at radius 2 is 1.82 bits per heavy atom. The first-order chi connectivity index (χ1) is 8.33. The van der Waals surface area contributed by atoms with Gasteiger partial charge in [0.15, 0.2) is 0 Å². The zero-order chi connectivity index (χ0) is 12.3. The molecule has 1 rings (SSSR count). The van der Waals surface area contributed by atoms with Crippen molar-refractivity contribution < 1.29 is 4.74 Å². The van der Waals surface area contributed by atoms with E-state index in [2.05, 4.69) is 19.2 Å². The van der Waals surface area contributed by atoms with Gasteiger partial charge in [0.1, 0.15) is 0 Å². The van der Waals surface area contributed by atoms with Gasteiger partial charge in [-0.3, -0.25) is 0 Å². The van der Waals surface area contributed by atoms with E-state index in [-0.39, 0.29) is 0 Å². The van der Waals surface area contributed by atoms with E-state index in [0.29, 0.717) is 0 Å². The average molecular weight is 241 g/mol. The van der Waals surface area contributed by atoms with Gasteiger partial charge in [0, 0.05) is 13.2 Å². The summed E-state index contributed by atoms with van der Waals surface area (Å²) in [7, 11) is 0. The number of hydrogen-bond acceptors (Lipinski definition) is 2. The van der Waals surface area contributed by atoms with Crippen LogP contribution >= 0.6 is 0 Å². The van der Waals surface area contributed by atoms with Gasteiger partial charge in [-0.05, 0) is 31.2 Å². The Morgan fingerprint density at radius 1 is 1.06 bits per heavy atom. The van der Waals surface area contributed by atoms with E-state index in [1.54, 1.807) is 0 Å². The summed E-state index contributed by atoms with van der Waals surface area (Å²) in [6.07, 6.45) is 9.59. The molecular weight excluding hydrogens is 210 g/mol. The van der Waals surface area contributed by atoms with Crippen molar-refractivity contribution in [1.29, 1.82) is 0 Å². The Balaban J connectivity index is 1.81. The molecular formula is C15H31NO. The molecule has 0 heterocycles. The zero-order valence-corrected chi connectivity index (χ0v) is 11.8. The molecule has 1 aliphatic rings. The predicted molar refractivity (Wildman–Crippen MR) is 74.3 cm³/mol. The van der Waals surface area contributed by atoms with Gasteiger partial charge in [0.25, 0.3) is 0 Å². The molecule has 0 aromatic carbocycles. The number of nitrogens with one attached hydrogen (secondary N) is 1. The Kier molecular flexibility index (Phi) is 8.72. The molecule has 1 fully saturated rings. The fraction of sp³-hybridized carbons (Fsp3) is 1.00. The van der Waals surface area contributed by atoms with Gasteiger partial charge in [0.05, 0.1) is 6.61 Å². The Hall–Kier alpha value is -0.0800. The summed E-state index contributed by atoms with van der Waals surface area (Å²) in [5, 5.41) is 3.50. The molecule has 0 atom stereocenters. The normalized spacial score (nSPS) is 25.1. The molecule has 1 saturated carbocycles. The quantitative estimate of drug-likeness (QED) is 0.623. The fourth-order valence-electron chi connectivity index (χ4n) is 2.54. The van der Waals surface area contributed by atoms with Gasteiger partial charge in [-0.2, -0.15) is 0 Å². The lowest BCUT2D eigenvalue weighted by Crippen LogP contribution is -2.24. The van der Waals surface area contributed by atoms with Crippen molar-refractivity contribution in [2.45, 2.75) is 58.8 Å². The molecule has 0 radical (unpaired) electrons. The first-order valence-corrected chi connectivity index (χ1v) is 7.61. The van der Waals surface area contributed by atoms with E-state index in [9.17, 15) is 0 Å². The zero-order valence-electron chi connectivity index (χ0n) is 11.8. The summed E-state index contributed by atoms with van der Waals surface area (Å²) < 4.78 is 5.52. The average Bonchev–Trinajstić information content (AvgIpc) is 2.35. The highest BCUT2D eigenvalue weighted by Gasteiger charge is 2.17. The van der Waals surface area contributed by atoms with E-state index >= 15 is 0 Å². The minimum absolute atomic E-state index is 0.877. The minimum Gasteiger partial charge on any atom is -0.380 e. The fourth-order valence-corrected chi connectivity index (χ4v) is 2.54. The summed E-state index contributed by atoms with van der Waals surface area (Å²) >= 11 is 0. The molecule has 0 spiro atoms. The lowest BCUT2D eigenvalue weighted by atomic mass is 9.81. The highest BCUT2D eigenvalue weighted by atomic mass is 16.5. The smallest absolute Gasteiger partial charge is 0.0590 e. The molecule has 2 heteroatoms. The van der Waals surface area contributed by atoms with Crippen LogP contribution in [0.4, 0.5) is 0 Å². The van der Waals surface area contributed by atoms with Crippen LogP contribution in [0.5, 0.6) is 0 Å².